The normalized spacial score (nSPS) is 18.3. The lowest BCUT2D eigenvalue weighted by Gasteiger charge is -2.23. The Morgan fingerprint density at radius 2 is 2.29 bits per heavy atom. The molecule has 0 bridgehead atoms. The van der Waals surface area contributed by atoms with Crippen LogP contribution in [0.4, 0.5) is 0 Å². The molecule has 1 N–H and O–H groups in total. The number of hydrogen-bond donors (Lipinski definition) is 1. The highest BCUT2D eigenvalue weighted by Crippen LogP contribution is 2.36. The van der Waals surface area contributed by atoms with Gasteiger partial charge in [0.1, 0.15) is 5.75 Å². The predicted molar refractivity (Wildman–Crippen MR) is 87.3 cm³/mol. The summed E-state index contributed by atoms with van der Waals surface area (Å²) in [6.45, 7) is 6.07. The van der Waals surface area contributed by atoms with E-state index in [9.17, 15) is 0 Å². The third kappa shape index (κ3) is 3.27. The van der Waals surface area contributed by atoms with Gasteiger partial charge in [-0.15, -0.1) is 11.3 Å². The Kier molecular flexibility index (Phi) is 4.56. The van der Waals surface area contributed by atoms with Crippen LogP contribution in [0.1, 0.15) is 35.5 Å². The Hall–Kier alpha value is -1.39. The van der Waals surface area contributed by atoms with Crippen LogP contribution in [-0.2, 0) is 6.42 Å². The molecule has 2 aromatic rings. The number of rotatable bonds is 6. The van der Waals surface area contributed by atoms with E-state index in [1.165, 1.54) is 11.3 Å². The summed E-state index contributed by atoms with van der Waals surface area (Å²) < 4.78 is 5.86. The van der Waals surface area contributed by atoms with Gasteiger partial charge in [-0.3, -0.25) is 0 Å². The van der Waals surface area contributed by atoms with Crippen molar-refractivity contribution in [3.63, 3.8) is 0 Å². The summed E-state index contributed by atoms with van der Waals surface area (Å²) in [4.78, 5) is 4.62. The molecule has 0 radical (unpaired) electrons. The maximum Gasteiger partial charge on any atom is 0.122 e. The third-order valence-corrected chi connectivity index (χ3v) is 4.80. The highest BCUT2D eigenvalue weighted by atomic mass is 32.1. The average Bonchev–Trinajstić information content (AvgIpc) is 3.09. The number of aromatic nitrogens is 1. The van der Waals surface area contributed by atoms with Crippen molar-refractivity contribution in [3.8, 4) is 5.75 Å². The predicted octanol–water partition coefficient (Wildman–Crippen LogP) is 3.54. The molecular weight excluding hydrogens is 280 g/mol. The third-order valence-electron chi connectivity index (χ3n) is 3.97. The summed E-state index contributed by atoms with van der Waals surface area (Å²) in [7, 11) is 0. The number of hydrogen-bond acceptors (Lipinski definition) is 4. The molecule has 3 nitrogen and oxygen atoms in total. The van der Waals surface area contributed by atoms with Gasteiger partial charge in [-0.1, -0.05) is 25.1 Å². The van der Waals surface area contributed by atoms with Crippen molar-refractivity contribution in [2.75, 3.05) is 13.2 Å². The van der Waals surface area contributed by atoms with Crippen LogP contribution in [0.5, 0.6) is 5.75 Å². The van der Waals surface area contributed by atoms with Gasteiger partial charge in [0, 0.05) is 29.3 Å². The minimum absolute atomic E-state index is 0.384. The van der Waals surface area contributed by atoms with Gasteiger partial charge in [0.15, 0.2) is 0 Å². The molecule has 1 aromatic heterocycles. The van der Waals surface area contributed by atoms with Crippen LogP contribution < -0.4 is 10.1 Å². The molecule has 4 heteroatoms. The highest BCUT2D eigenvalue weighted by molar-refractivity contribution is 7.09. The molecule has 2 heterocycles. The van der Waals surface area contributed by atoms with Gasteiger partial charge in [-0.25, -0.2) is 4.98 Å². The van der Waals surface area contributed by atoms with Crippen LogP contribution in [0, 0.1) is 6.92 Å². The number of benzene rings is 1. The second kappa shape index (κ2) is 6.58. The molecule has 0 aliphatic carbocycles. The summed E-state index contributed by atoms with van der Waals surface area (Å²) in [5, 5.41) is 7.01. The van der Waals surface area contributed by atoms with Gasteiger partial charge in [0.05, 0.1) is 17.3 Å². The van der Waals surface area contributed by atoms with Crippen LogP contribution in [-0.4, -0.2) is 24.2 Å². The first kappa shape index (κ1) is 14.5. The van der Waals surface area contributed by atoms with Crippen molar-refractivity contribution in [1.82, 2.24) is 10.3 Å². The Morgan fingerprint density at radius 1 is 1.43 bits per heavy atom. The van der Waals surface area contributed by atoms with E-state index >= 15 is 0 Å². The summed E-state index contributed by atoms with van der Waals surface area (Å²) in [6.07, 6.45) is 2.11. The van der Waals surface area contributed by atoms with Crippen molar-refractivity contribution >= 4 is 11.3 Å². The molecule has 2 atom stereocenters. The zero-order chi connectivity index (χ0) is 14.7. The molecule has 3 rings (SSSR count). The first-order chi connectivity index (χ1) is 10.3. The minimum Gasteiger partial charge on any atom is -0.493 e. The van der Waals surface area contributed by atoms with Crippen LogP contribution >= 0.6 is 11.3 Å². The van der Waals surface area contributed by atoms with Gasteiger partial charge in [-0.2, -0.15) is 0 Å². The van der Waals surface area contributed by atoms with Crippen molar-refractivity contribution in [2.45, 2.75) is 38.6 Å². The number of nitrogens with zero attached hydrogens (tertiary/aromatic N) is 1. The standard InChI is InChI=1S/C17H22N2OS/c1-3-8-18-16(9-13-11-21-12(2)19-13)15-10-20-17-7-5-4-6-14(15)17/h4-7,11,15-16,18H,3,8-10H2,1-2H3. The Bertz CT molecular complexity index is 596. The monoisotopic (exact) mass is 302 g/mol. The summed E-state index contributed by atoms with van der Waals surface area (Å²) in [6, 6.07) is 8.79. The van der Waals surface area contributed by atoms with Crippen molar-refractivity contribution in [2.24, 2.45) is 0 Å². The van der Waals surface area contributed by atoms with E-state index in [0.29, 0.717) is 12.0 Å². The molecule has 0 fully saturated rings. The van der Waals surface area contributed by atoms with Gasteiger partial charge >= 0.3 is 0 Å². The van der Waals surface area contributed by atoms with E-state index in [0.717, 1.165) is 36.8 Å². The fraction of sp³-hybridized carbons (Fsp3) is 0.471. The minimum atomic E-state index is 0.384. The molecule has 1 aliphatic heterocycles. The molecule has 2 unspecified atom stereocenters. The fourth-order valence-electron chi connectivity index (χ4n) is 2.93. The second-order valence-electron chi connectivity index (χ2n) is 5.58. The smallest absolute Gasteiger partial charge is 0.122 e. The average molecular weight is 302 g/mol. The van der Waals surface area contributed by atoms with E-state index < -0.39 is 0 Å². The van der Waals surface area contributed by atoms with Crippen molar-refractivity contribution in [1.29, 1.82) is 0 Å². The lowest BCUT2D eigenvalue weighted by molar-refractivity contribution is 0.296. The van der Waals surface area contributed by atoms with Gasteiger partial charge in [0.25, 0.3) is 0 Å². The summed E-state index contributed by atoms with van der Waals surface area (Å²) >= 11 is 1.73. The van der Waals surface area contributed by atoms with Crippen LogP contribution in [0.15, 0.2) is 29.6 Å². The van der Waals surface area contributed by atoms with Gasteiger partial charge in [0.2, 0.25) is 0 Å². The van der Waals surface area contributed by atoms with E-state index in [1.54, 1.807) is 11.3 Å². The lowest BCUT2D eigenvalue weighted by atomic mass is 9.90. The number of thiazole rings is 1. The highest BCUT2D eigenvalue weighted by Gasteiger charge is 2.31. The molecule has 112 valence electrons. The maximum absolute atomic E-state index is 5.86. The summed E-state index contributed by atoms with van der Waals surface area (Å²) in [5.74, 6) is 1.45. The van der Waals surface area contributed by atoms with Crippen LogP contribution in [0.25, 0.3) is 0 Å². The van der Waals surface area contributed by atoms with Crippen molar-refractivity contribution in [3.05, 3.63) is 45.9 Å². The van der Waals surface area contributed by atoms with Crippen molar-refractivity contribution < 1.29 is 4.74 Å². The topological polar surface area (TPSA) is 34.2 Å². The van der Waals surface area contributed by atoms with Gasteiger partial charge in [-0.05, 0) is 26.0 Å². The van der Waals surface area contributed by atoms with E-state index in [1.807, 2.05) is 6.07 Å². The molecule has 1 aliphatic rings. The second-order valence-corrected chi connectivity index (χ2v) is 6.64. The first-order valence-electron chi connectivity index (χ1n) is 7.64. The molecule has 0 saturated heterocycles. The first-order valence-corrected chi connectivity index (χ1v) is 8.52. The lowest BCUT2D eigenvalue weighted by Crippen LogP contribution is -2.38. The number of aryl methyl sites for hydroxylation is 1. The number of para-hydroxylation sites is 1. The zero-order valence-corrected chi connectivity index (χ0v) is 13.5. The van der Waals surface area contributed by atoms with Crippen LogP contribution in [0.3, 0.4) is 0 Å². The number of nitrogens with one attached hydrogen (secondary N) is 1. The van der Waals surface area contributed by atoms with E-state index in [4.69, 9.17) is 4.74 Å². The van der Waals surface area contributed by atoms with E-state index in [2.05, 4.69) is 47.7 Å². The summed E-state index contributed by atoms with van der Waals surface area (Å²) in [5.41, 5.74) is 2.52. The number of fused-ring (bicyclic) bond motifs is 1. The quantitative estimate of drug-likeness (QED) is 0.886. The SMILES string of the molecule is CCCNC(Cc1csc(C)n1)C1COc2ccccc21. The molecule has 0 amide bonds. The Labute approximate surface area is 130 Å². The largest absolute Gasteiger partial charge is 0.493 e. The molecule has 0 spiro atoms. The fourth-order valence-corrected chi connectivity index (χ4v) is 3.56. The Balaban J connectivity index is 1.79. The zero-order valence-electron chi connectivity index (χ0n) is 12.6. The molecule has 21 heavy (non-hydrogen) atoms. The Morgan fingerprint density at radius 3 is 3.05 bits per heavy atom. The molecular formula is C17H22N2OS. The van der Waals surface area contributed by atoms with Crippen LogP contribution in [0.2, 0.25) is 0 Å². The maximum atomic E-state index is 5.86. The molecule has 0 saturated carbocycles. The number of ether oxygens (including phenoxy) is 1. The van der Waals surface area contributed by atoms with E-state index in [-0.39, 0.29) is 0 Å². The van der Waals surface area contributed by atoms with Gasteiger partial charge < -0.3 is 10.1 Å². The molecule has 1 aromatic carbocycles.